The zero-order valence-electron chi connectivity index (χ0n) is 7.44. The molecule has 0 aliphatic carbocycles. The van der Waals surface area contributed by atoms with E-state index in [1.807, 2.05) is 0 Å². The van der Waals surface area contributed by atoms with Crippen LogP contribution in [0.3, 0.4) is 0 Å². The van der Waals surface area contributed by atoms with E-state index < -0.39 is 5.91 Å². The standard InChI is InChI=1S/C6H10N4O2S.ClH/c1-3(7)5-9-10-6(12-5)13-2-4(8)11;/h3H,2,7H2,1H3,(H2,8,11);1H/p-1/t3-;/m0./s1. The first-order valence-corrected chi connectivity index (χ1v) is 4.58. The zero-order chi connectivity index (χ0) is 9.84. The molecule has 1 atom stereocenters. The number of nitrogens with two attached hydrogens (primary N) is 2. The van der Waals surface area contributed by atoms with Gasteiger partial charge in [0.05, 0.1) is 11.8 Å². The topological polar surface area (TPSA) is 108 Å². The third-order valence-electron chi connectivity index (χ3n) is 1.15. The number of thioether (sulfide) groups is 1. The maximum Gasteiger partial charge on any atom is 0.277 e. The molecule has 0 fully saturated rings. The fourth-order valence-electron chi connectivity index (χ4n) is 0.596. The number of rotatable bonds is 4. The van der Waals surface area contributed by atoms with Crippen molar-refractivity contribution >= 4 is 17.7 Å². The highest BCUT2D eigenvalue weighted by molar-refractivity contribution is 7.99. The first-order chi connectivity index (χ1) is 6.09. The third kappa shape index (κ3) is 3.95. The molecule has 0 radical (unpaired) electrons. The van der Waals surface area contributed by atoms with Crippen molar-refractivity contribution in [3.8, 4) is 0 Å². The number of hydrogen-bond acceptors (Lipinski definition) is 6. The second-order valence-corrected chi connectivity index (χ2v) is 3.38. The van der Waals surface area contributed by atoms with Crippen LogP contribution in [0.1, 0.15) is 18.9 Å². The van der Waals surface area contributed by atoms with E-state index in [4.69, 9.17) is 15.9 Å². The number of hydrogen-bond donors (Lipinski definition) is 2. The highest BCUT2D eigenvalue weighted by Gasteiger charge is 2.10. The Morgan fingerprint density at radius 2 is 2.29 bits per heavy atom. The summed E-state index contributed by atoms with van der Waals surface area (Å²) < 4.78 is 5.10. The second kappa shape index (κ2) is 5.84. The summed E-state index contributed by atoms with van der Waals surface area (Å²) in [7, 11) is 0. The van der Waals surface area contributed by atoms with Gasteiger partial charge in [-0.1, -0.05) is 11.8 Å². The third-order valence-corrected chi connectivity index (χ3v) is 1.99. The summed E-state index contributed by atoms with van der Waals surface area (Å²) in [6.45, 7) is 1.73. The van der Waals surface area contributed by atoms with Gasteiger partial charge >= 0.3 is 0 Å². The number of amides is 1. The Kier molecular flexibility index (Phi) is 5.51. The van der Waals surface area contributed by atoms with Gasteiger partial charge in [0.2, 0.25) is 11.8 Å². The molecular weight excluding hydrogens is 228 g/mol. The molecule has 1 aromatic rings. The predicted molar refractivity (Wildman–Crippen MR) is 46.8 cm³/mol. The Bertz CT molecular complexity index is 304. The first kappa shape index (κ1) is 13.2. The van der Waals surface area contributed by atoms with Crippen LogP contribution in [0.2, 0.25) is 0 Å². The Balaban J connectivity index is 0.00000169. The average Bonchev–Trinajstić information content (AvgIpc) is 2.48. The van der Waals surface area contributed by atoms with Crippen LogP contribution >= 0.6 is 11.8 Å². The van der Waals surface area contributed by atoms with Gasteiger partial charge in [0.25, 0.3) is 5.22 Å². The Morgan fingerprint density at radius 3 is 2.71 bits per heavy atom. The van der Waals surface area contributed by atoms with E-state index in [-0.39, 0.29) is 24.2 Å². The van der Waals surface area contributed by atoms with E-state index in [0.717, 1.165) is 11.8 Å². The molecule has 1 rings (SSSR count). The van der Waals surface area contributed by atoms with Gasteiger partial charge in [-0.2, -0.15) is 0 Å². The summed E-state index contributed by atoms with van der Waals surface area (Å²) in [5.41, 5.74) is 10.4. The molecule has 4 N–H and O–H groups in total. The molecule has 0 unspecified atom stereocenters. The highest BCUT2D eigenvalue weighted by atomic mass is 35.5. The largest absolute Gasteiger partial charge is 1.00 e. The maximum absolute atomic E-state index is 10.4. The lowest BCUT2D eigenvalue weighted by Crippen LogP contribution is -3.00. The Labute approximate surface area is 91.2 Å². The molecule has 0 spiro atoms. The normalized spacial score (nSPS) is 11.9. The van der Waals surface area contributed by atoms with Crippen LogP contribution in [0.25, 0.3) is 0 Å². The number of aromatic nitrogens is 2. The average molecular weight is 238 g/mol. The van der Waals surface area contributed by atoms with Crippen molar-refractivity contribution in [2.24, 2.45) is 11.5 Å². The van der Waals surface area contributed by atoms with Crippen molar-refractivity contribution in [2.45, 2.75) is 18.2 Å². The predicted octanol–water partition coefficient (Wildman–Crippen LogP) is -3.33. The fourth-order valence-corrected chi connectivity index (χ4v) is 1.10. The van der Waals surface area contributed by atoms with E-state index in [0.29, 0.717) is 11.1 Å². The molecule has 0 aliphatic heterocycles. The molecule has 0 bridgehead atoms. The smallest absolute Gasteiger partial charge is 0.277 e. The molecule has 6 nitrogen and oxygen atoms in total. The molecule has 1 amide bonds. The van der Waals surface area contributed by atoms with Gasteiger partial charge in [-0.3, -0.25) is 4.79 Å². The minimum absolute atomic E-state index is 0. The van der Waals surface area contributed by atoms with E-state index in [9.17, 15) is 4.79 Å². The summed E-state index contributed by atoms with van der Waals surface area (Å²) >= 11 is 1.10. The molecule has 1 aromatic heterocycles. The lowest BCUT2D eigenvalue weighted by molar-refractivity contribution is -0.115. The summed E-state index contributed by atoms with van der Waals surface area (Å²) in [6.07, 6.45) is 0. The van der Waals surface area contributed by atoms with Gasteiger partial charge in [0.15, 0.2) is 0 Å². The summed E-state index contributed by atoms with van der Waals surface area (Å²) in [6, 6.07) is -0.296. The van der Waals surface area contributed by atoms with Crippen molar-refractivity contribution in [3.63, 3.8) is 0 Å². The molecular formula is C6H10ClN4O2S-. The fraction of sp³-hybridized carbons (Fsp3) is 0.500. The van der Waals surface area contributed by atoms with Crippen LogP contribution in [0, 0.1) is 0 Å². The van der Waals surface area contributed by atoms with Crippen molar-refractivity contribution in [1.82, 2.24) is 10.2 Å². The number of carbonyl (C=O) groups is 1. The van der Waals surface area contributed by atoms with E-state index >= 15 is 0 Å². The quantitative estimate of drug-likeness (QED) is 0.531. The Hall–Kier alpha value is -0.790. The summed E-state index contributed by atoms with van der Waals surface area (Å²) in [5, 5.41) is 7.66. The van der Waals surface area contributed by atoms with Crippen LogP contribution in [0.15, 0.2) is 9.64 Å². The van der Waals surface area contributed by atoms with Crippen LogP contribution in [-0.4, -0.2) is 21.9 Å². The van der Waals surface area contributed by atoms with Gasteiger partial charge in [-0.15, -0.1) is 10.2 Å². The van der Waals surface area contributed by atoms with Gasteiger partial charge < -0.3 is 28.3 Å². The van der Waals surface area contributed by atoms with Crippen LogP contribution in [0.4, 0.5) is 0 Å². The summed E-state index contributed by atoms with van der Waals surface area (Å²) in [5.74, 6) is 0.0538. The first-order valence-electron chi connectivity index (χ1n) is 3.59. The van der Waals surface area contributed by atoms with Gasteiger partial charge in [0, 0.05) is 0 Å². The van der Waals surface area contributed by atoms with Crippen LogP contribution < -0.4 is 23.9 Å². The van der Waals surface area contributed by atoms with Crippen molar-refractivity contribution in [3.05, 3.63) is 5.89 Å². The van der Waals surface area contributed by atoms with E-state index in [2.05, 4.69) is 10.2 Å². The lowest BCUT2D eigenvalue weighted by Gasteiger charge is -1.94. The van der Waals surface area contributed by atoms with Crippen molar-refractivity contribution in [1.29, 1.82) is 0 Å². The number of halogens is 1. The number of nitrogens with zero attached hydrogens (tertiary/aromatic N) is 2. The molecule has 14 heavy (non-hydrogen) atoms. The van der Waals surface area contributed by atoms with Crippen LogP contribution in [0.5, 0.6) is 0 Å². The van der Waals surface area contributed by atoms with E-state index in [1.165, 1.54) is 0 Å². The molecule has 0 aliphatic rings. The van der Waals surface area contributed by atoms with Crippen LogP contribution in [-0.2, 0) is 4.79 Å². The zero-order valence-corrected chi connectivity index (χ0v) is 9.01. The highest BCUT2D eigenvalue weighted by Crippen LogP contribution is 2.17. The molecule has 0 aromatic carbocycles. The number of primary amides is 1. The van der Waals surface area contributed by atoms with Gasteiger partial charge in [-0.05, 0) is 6.92 Å². The monoisotopic (exact) mass is 237 g/mol. The van der Waals surface area contributed by atoms with Gasteiger partial charge in [-0.25, -0.2) is 0 Å². The lowest BCUT2D eigenvalue weighted by atomic mass is 10.4. The second-order valence-electron chi connectivity index (χ2n) is 2.45. The molecule has 8 heteroatoms. The van der Waals surface area contributed by atoms with Crippen molar-refractivity contribution < 1.29 is 21.6 Å². The molecule has 1 heterocycles. The van der Waals surface area contributed by atoms with Gasteiger partial charge in [0.1, 0.15) is 0 Å². The minimum Gasteiger partial charge on any atom is -1.00 e. The minimum atomic E-state index is -0.425. The molecule has 0 saturated heterocycles. The maximum atomic E-state index is 10.4. The summed E-state index contributed by atoms with van der Waals surface area (Å²) in [4.78, 5) is 10.4. The van der Waals surface area contributed by atoms with E-state index in [1.54, 1.807) is 6.92 Å². The SMILES string of the molecule is C[C@H](N)c1nnc(SCC(N)=O)o1.[Cl-]. The Morgan fingerprint density at radius 1 is 1.64 bits per heavy atom. The van der Waals surface area contributed by atoms with Crippen molar-refractivity contribution in [2.75, 3.05) is 5.75 Å². The number of carbonyl (C=O) groups excluding carboxylic acids is 1. The molecule has 0 saturated carbocycles. The molecule has 80 valence electrons.